The van der Waals surface area contributed by atoms with Crippen molar-refractivity contribution in [3.8, 4) is 0 Å². The Morgan fingerprint density at radius 2 is 1.65 bits per heavy atom. The van der Waals surface area contributed by atoms with Crippen LogP contribution in [0.25, 0.3) is 0 Å². The number of rotatable bonds is 6. The molecule has 162 valence electrons. The highest BCUT2D eigenvalue weighted by Crippen LogP contribution is 2.24. The largest absolute Gasteiger partial charge is 0.278 e. The number of thiophene rings is 1. The maximum Gasteiger partial charge on any atom is 0.273 e. The minimum Gasteiger partial charge on any atom is -0.278 e. The maximum absolute atomic E-state index is 12.7. The summed E-state index contributed by atoms with van der Waals surface area (Å²) in [6.45, 7) is 8.24. The molecule has 0 spiro atoms. The first kappa shape index (κ1) is 22.7. The normalized spacial score (nSPS) is 12.5. The molecule has 0 bridgehead atoms. The second-order valence-electron chi connectivity index (χ2n) is 8.05. The quantitative estimate of drug-likeness (QED) is 0.405. The van der Waals surface area contributed by atoms with Crippen LogP contribution in [0.15, 0.2) is 75.4 Å². The van der Waals surface area contributed by atoms with Crippen LogP contribution in [0.4, 0.5) is 5.69 Å². The molecule has 0 aliphatic heterocycles. The number of carbonyl (C=O) groups is 1. The number of nitrogens with one attached hydrogen (secondary N) is 2. The maximum atomic E-state index is 12.7. The summed E-state index contributed by atoms with van der Waals surface area (Å²) in [6.07, 6.45) is 0. The van der Waals surface area contributed by atoms with Gasteiger partial charge in [-0.15, -0.1) is 11.3 Å². The molecule has 0 radical (unpaired) electrons. The van der Waals surface area contributed by atoms with Gasteiger partial charge in [0.05, 0.1) is 17.0 Å². The van der Waals surface area contributed by atoms with Gasteiger partial charge in [0.2, 0.25) is 0 Å². The Morgan fingerprint density at radius 3 is 2.26 bits per heavy atom. The topological polar surface area (TPSA) is 87.6 Å². The highest BCUT2D eigenvalue weighted by molar-refractivity contribution is 7.94. The Morgan fingerprint density at radius 1 is 0.968 bits per heavy atom. The van der Waals surface area contributed by atoms with E-state index in [4.69, 9.17) is 0 Å². The lowest BCUT2D eigenvalue weighted by Gasteiger charge is -2.19. The monoisotopic (exact) mass is 455 g/mol. The third kappa shape index (κ3) is 5.59. The second kappa shape index (κ2) is 9.03. The molecule has 2 aromatic carbocycles. The van der Waals surface area contributed by atoms with Gasteiger partial charge in [0.25, 0.3) is 15.9 Å². The van der Waals surface area contributed by atoms with Crippen molar-refractivity contribution in [3.05, 3.63) is 82.7 Å². The van der Waals surface area contributed by atoms with Crippen LogP contribution >= 0.6 is 11.3 Å². The fourth-order valence-corrected chi connectivity index (χ4v) is 4.93. The lowest BCUT2D eigenvalue weighted by molar-refractivity contribution is 0.0955. The molecular weight excluding hydrogens is 430 g/mol. The van der Waals surface area contributed by atoms with Crippen LogP contribution in [0.3, 0.4) is 0 Å². The summed E-state index contributed by atoms with van der Waals surface area (Å²) in [7, 11) is -3.76. The summed E-state index contributed by atoms with van der Waals surface area (Å²) in [5, 5.41) is 5.87. The first-order valence-electron chi connectivity index (χ1n) is 9.69. The van der Waals surface area contributed by atoms with Gasteiger partial charge < -0.3 is 0 Å². The summed E-state index contributed by atoms with van der Waals surface area (Å²) in [4.78, 5) is 12.7. The Kier molecular flexibility index (Phi) is 6.62. The molecule has 0 unspecified atom stereocenters. The van der Waals surface area contributed by atoms with E-state index in [1.807, 2.05) is 24.3 Å². The van der Waals surface area contributed by atoms with E-state index in [1.54, 1.807) is 42.6 Å². The number of hydrogen-bond acceptors (Lipinski definition) is 5. The van der Waals surface area contributed by atoms with Crippen LogP contribution in [0.2, 0.25) is 0 Å². The highest BCUT2D eigenvalue weighted by atomic mass is 32.2. The van der Waals surface area contributed by atoms with E-state index in [0.717, 1.165) is 16.9 Å². The summed E-state index contributed by atoms with van der Waals surface area (Å²) in [5.74, 6) is -0.504. The minimum absolute atomic E-state index is 0.0535. The first-order chi connectivity index (χ1) is 14.6. The van der Waals surface area contributed by atoms with Crippen molar-refractivity contribution in [1.29, 1.82) is 0 Å². The van der Waals surface area contributed by atoms with E-state index in [9.17, 15) is 13.2 Å². The first-order valence-corrected chi connectivity index (χ1v) is 12.0. The Balaban J connectivity index is 1.77. The van der Waals surface area contributed by atoms with Crippen LogP contribution in [0.1, 0.15) is 49.2 Å². The number of hydrogen-bond donors (Lipinski definition) is 2. The Labute approximate surface area is 187 Å². The van der Waals surface area contributed by atoms with Crippen molar-refractivity contribution >= 4 is 38.7 Å². The zero-order chi connectivity index (χ0) is 22.6. The number of sulfonamides is 1. The Bertz CT molecular complexity index is 1190. The van der Waals surface area contributed by atoms with Gasteiger partial charge in [-0.25, -0.2) is 13.8 Å². The number of nitrogens with zero attached hydrogens (tertiary/aromatic N) is 1. The molecule has 0 saturated carbocycles. The molecule has 1 amide bonds. The van der Waals surface area contributed by atoms with Crippen LogP contribution < -0.4 is 10.1 Å². The molecule has 3 rings (SSSR count). The van der Waals surface area contributed by atoms with Gasteiger partial charge in [-0.1, -0.05) is 63.2 Å². The number of para-hydroxylation sites is 1. The molecule has 31 heavy (non-hydrogen) atoms. The van der Waals surface area contributed by atoms with Crippen molar-refractivity contribution in [2.75, 3.05) is 4.72 Å². The van der Waals surface area contributed by atoms with E-state index < -0.39 is 15.9 Å². The molecule has 1 heterocycles. The minimum atomic E-state index is -3.76. The average Bonchev–Trinajstić information content (AvgIpc) is 3.27. The van der Waals surface area contributed by atoms with Crippen LogP contribution in [-0.4, -0.2) is 20.0 Å². The summed E-state index contributed by atoms with van der Waals surface area (Å²) in [5.41, 5.74) is 5.69. The highest BCUT2D eigenvalue weighted by Gasteiger charge is 2.19. The van der Waals surface area contributed by atoms with E-state index in [1.165, 1.54) is 11.6 Å². The molecular formula is C23H25N3O3S2. The molecule has 0 aliphatic rings. The fourth-order valence-electron chi connectivity index (χ4n) is 2.85. The molecule has 2 N–H and O–H groups in total. The number of anilines is 1. The molecule has 8 heteroatoms. The van der Waals surface area contributed by atoms with E-state index in [0.29, 0.717) is 5.71 Å². The average molecular weight is 456 g/mol. The lowest BCUT2D eigenvalue weighted by atomic mass is 9.86. The van der Waals surface area contributed by atoms with Crippen molar-refractivity contribution < 1.29 is 13.2 Å². The van der Waals surface area contributed by atoms with E-state index >= 15 is 0 Å². The summed E-state index contributed by atoms with van der Waals surface area (Å²) in [6, 6.07) is 17.6. The zero-order valence-corrected chi connectivity index (χ0v) is 19.5. The van der Waals surface area contributed by atoms with Crippen molar-refractivity contribution in [2.24, 2.45) is 5.10 Å². The number of benzene rings is 2. The van der Waals surface area contributed by atoms with E-state index in [2.05, 4.69) is 36.0 Å². The number of hydrazone groups is 1. The number of amides is 1. The van der Waals surface area contributed by atoms with Gasteiger partial charge in [-0.2, -0.15) is 5.10 Å². The summed E-state index contributed by atoms with van der Waals surface area (Å²) >= 11 is 1.10. The third-order valence-electron chi connectivity index (χ3n) is 4.67. The molecule has 0 saturated heterocycles. The zero-order valence-electron chi connectivity index (χ0n) is 17.8. The predicted octanol–water partition coefficient (Wildman–Crippen LogP) is 5.00. The SMILES string of the molecule is CC(=NNC(=O)c1ccccc1NS(=O)(=O)c1cccs1)c1ccc(C(C)(C)C)cc1. The van der Waals surface area contributed by atoms with Crippen molar-refractivity contribution in [3.63, 3.8) is 0 Å². The third-order valence-corrected chi connectivity index (χ3v) is 7.43. The van der Waals surface area contributed by atoms with Crippen molar-refractivity contribution in [2.45, 2.75) is 37.3 Å². The molecule has 1 aromatic heterocycles. The van der Waals surface area contributed by atoms with Crippen LogP contribution in [-0.2, 0) is 15.4 Å². The summed E-state index contributed by atoms with van der Waals surface area (Å²) < 4.78 is 27.7. The molecule has 6 nitrogen and oxygen atoms in total. The smallest absolute Gasteiger partial charge is 0.273 e. The van der Waals surface area contributed by atoms with Crippen molar-refractivity contribution in [1.82, 2.24) is 5.43 Å². The molecule has 0 aliphatic carbocycles. The van der Waals surface area contributed by atoms with Crippen LogP contribution in [0.5, 0.6) is 0 Å². The van der Waals surface area contributed by atoms with Gasteiger partial charge >= 0.3 is 0 Å². The Hall–Kier alpha value is -2.97. The molecule has 3 aromatic rings. The fraction of sp³-hybridized carbons (Fsp3) is 0.217. The van der Waals surface area contributed by atoms with Gasteiger partial charge in [0.15, 0.2) is 0 Å². The molecule has 0 fully saturated rings. The standard InChI is InChI=1S/C23H25N3O3S2/c1-16(17-11-13-18(14-12-17)23(2,3)4)24-25-22(27)19-8-5-6-9-20(19)26-31(28,29)21-10-7-15-30-21/h5-15,26H,1-4H3,(H,25,27). The number of carbonyl (C=O) groups excluding carboxylic acids is 1. The van der Waals surface area contributed by atoms with Gasteiger partial charge in [-0.3, -0.25) is 9.52 Å². The van der Waals surface area contributed by atoms with Crippen LogP contribution in [0, 0.1) is 0 Å². The van der Waals surface area contributed by atoms with Gasteiger partial charge in [0, 0.05) is 0 Å². The predicted molar refractivity (Wildman–Crippen MR) is 126 cm³/mol. The van der Waals surface area contributed by atoms with Gasteiger partial charge in [-0.05, 0) is 47.0 Å². The second-order valence-corrected chi connectivity index (χ2v) is 10.9. The lowest BCUT2D eigenvalue weighted by Crippen LogP contribution is -2.22. The van der Waals surface area contributed by atoms with E-state index in [-0.39, 0.29) is 20.9 Å². The van der Waals surface area contributed by atoms with Gasteiger partial charge in [0.1, 0.15) is 4.21 Å². The molecule has 0 atom stereocenters.